The Morgan fingerprint density at radius 2 is 1.51 bits per heavy atom. The van der Waals surface area contributed by atoms with Crippen LogP contribution in [0.5, 0.6) is 11.5 Å². The average molecular weight is 704 g/mol. The number of ether oxygens (including phenoxy) is 2. The minimum Gasteiger partial charge on any atom is -0.497 e. The molecule has 0 saturated heterocycles. The third-order valence-corrected chi connectivity index (χ3v) is 10.8. The van der Waals surface area contributed by atoms with Crippen LogP contribution in [0.25, 0.3) is 0 Å². The summed E-state index contributed by atoms with van der Waals surface area (Å²) in [4.78, 5) is 30.5. The molecule has 0 heterocycles. The highest BCUT2D eigenvalue weighted by atomic mass is 35.5. The van der Waals surface area contributed by atoms with E-state index in [-0.39, 0.29) is 41.2 Å². The van der Waals surface area contributed by atoms with Gasteiger partial charge in [-0.05, 0) is 72.5 Å². The summed E-state index contributed by atoms with van der Waals surface area (Å²) in [6, 6.07) is 28.2. The lowest BCUT2D eigenvalue weighted by molar-refractivity contribution is -0.140. The number of hydrogen-bond donors (Lipinski definition) is 1. The van der Waals surface area contributed by atoms with Crippen LogP contribution in [0.4, 0.5) is 5.69 Å². The molecule has 1 atom stereocenters. The minimum atomic E-state index is -4.32. The van der Waals surface area contributed by atoms with Crippen molar-refractivity contribution in [1.29, 1.82) is 0 Å². The van der Waals surface area contributed by atoms with Crippen molar-refractivity contribution in [3.8, 4) is 11.5 Å². The summed E-state index contributed by atoms with van der Waals surface area (Å²) in [7, 11) is -1.38. The number of nitrogens with one attached hydrogen (secondary N) is 1. The summed E-state index contributed by atoms with van der Waals surface area (Å²) in [5.41, 5.74) is 1.75. The number of anilines is 1. The maximum atomic E-state index is 14.8. The predicted molar refractivity (Wildman–Crippen MR) is 191 cm³/mol. The lowest BCUT2D eigenvalue weighted by atomic mass is 9.94. The van der Waals surface area contributed by atoms with Crippen LogP contribution < -0.4 is 19.1 Å². The SMILES string of the molecule is COc1ccc(S(=O)(=O)N(CC(=O)N(Cc2cccc(Cl)c2)[C@H](Cc2ccccc2)C(=O)NC2CCCCC2)c2ccccc2OC)cc1. The lowest BCUT2D eigenvalue weighted by Crippen LogP contribution is -2.55. The predicted octanol–water partition coefficient (Wildman–Crippen LogP) is 6.64. The van der Waals surface area contributed by atoms with Gasteiger partial charge in [-0.15, -0.1) is 0 Å². The van der Waals surface area contributed by atoms with E-state index in [0.29, 0.717) is 16.3 Å². The van der Waals surface area contributed by atoms with Gasteiger partial charge < -0.3 is 19.7 Å². The largest absolute Gasteiger partial charge is 0.497 e. The Hall–Kier alpha value is -4.54. The molecule has 1 saturated carbocycles. The highest BCUT2D eigenvalue weighted by molar-refractivity contribution is 7.92. The van der Waals surface area contributed by atoms with E-state index in [9.17, 15) is 18.0 Å². The fraction of sp³-hybridized carbons (Fsp3) is 0.316. The van der Waals surface area contributed by atoms with E-state index in [1.165, 1.54) is 31.3 Å². The van der Waals surface area contributed by atoms with Crippen LogP contribution in [0, 0.1) is 0 Å². The van der Waals surface area contributed by atoms with Crippen LogP contribution in [0.15, 0.2) is 108 Å². The van der Waals surface area contributed by atoms with E-state index in [2.05, 4.69) is 5.32 Å². The molecule has 258 valence electrons. The van der Waals surface area contributed by atoms with Gasteiger partial charge in [0.05, 0.1) is 24.8 Å². The Morgan fingerprint density at radius 1 is 0.837 bits per heavy atom. The number of hydrogen-bond acceptors (Lipinski definition) is 6. The molecule has 5 rings (SSSR count). The zero-order valence-corrected chi connectivity index (χ0v) is 29.3. The van der Waals surface area contributed by atoms with Gasteiger partial charge in [-0.2, -0.15) is 0 Å². The second-order valence-electron chi connectivity index (χ2n) is 12.1. The number of para-hydroxylation sites is 2. The zero-order valence-electron chi connectivity index (χ0n) is 27.8. The lowest BCUT2D eigenvalue weighted by Gasteiger charge is -2.35. The Kier molecular flexibility index (Phi) is 12.2. The zero-order chi connectivity index (χ0) is 34.8. The van der Waals surface area contributed by atoms with Crippen LogP contribution in [0.1, 0.15) is 43.2 Å². The second kappa shape index (κ2) is 16.7. The van der Waals surface area contributed by atoms with Gasteiger partial charge in [0.25, 0.3) is 10.0 Å². The van der Waals surface area contributed by atoms with Crippen LogP contribution in [-0.2, 0) is 32.6 Å². The highest BCUT2D eigenvalue weighted by Crippen LogP contribution is 2.33. The quantitative estimate of drug-likeness (QED) is 0.158. The monoisotopic (exact) mass is 703 g/mol. The molecule has 1 fully saturated rings. The molecule has 0 radical (unpaired) electrons. The molecular weight excluding hydrogens is 662 g/mol. The van der Waals surface area contributed by atoms with E-state index in [4.69, 9.17) is 21.1 Å². The smallest absolute Gasteiger partial charge is 0.264 e. The summed E-state index contributed by atoms with van der Waals surface area (Å²) < 4.78 is 40.6. The maximum absolute atomic E-state index is 14.8. The van der Waals surface area contributed by atoms with Crippen LogP contribution in [0.3, 0.4) is 0 Å². The number of nitrogens with zero attached hydrogens (tertiary/aromatic N) is 2. The summed E-state index contributed by atoms with van der Waals surface area (Å²) in [5.74, 6) is -0.0976. The number of benzene rings is 4. The third kappa shape index (κ3) is 9.13. The van der Waals surface area contributed by atoms with Gasteiger partial charge in [0, 0.05) is 24.0 Å². The van der Waals surface area contributed by atoms with Gasteiger partial charge in [-0.3, -0.25) is 13.9 Å². The first kappa shape index (κ1) is 35.8. The molecule has 49 heavy (non-hydrogen) atoms. The van der Waals surface area contributed by atoms with Crippen LogP contribution in [0.2, 0.25) is 5.02 Å². The summed E-state index contributed by atoms with van der Waals surface area (Å²) >= 11 is 6.36. The fourth-order valence-electron chi connectivity index (χ4n) is 6.15. The van der Waals surface area contributed by atoms with Gasteiger partial charge in [0.2, 0.25) is 11.8 Å². The number of carbonyl (C=O) groups is 2. The van der Waals surface area contributed by atoms with E-state index in [1.807, 2.05) is 36.4 Å². The summed E-state index contributed by atoms with van der Waals surface area (Å²) in [6.07, 6.45) is 5.14. The molecule has 4 aromatic rings. The first-order valence-electron chi connectivity index (χ1n) is 16.4. The van der Waals surface area contributed by atoms with Crippen molar-refractivity contribution in [2.75, 3.05) is 25.1 Å². The highest BCUT2D eigenvalue weighted by Gasteiger charge is 2.36. The molecule has 0 aromatic heterocycles. The molecule has 1 aliphatic rings. The number of amides is 2. The van der Waals surface area contributed by atoms with Gasteiger partial charge in [-0.1, -0.05) is 85.5 Å². The number of carbonyl (C=O) groups excluding carboxylic acids is 2. The molecule has 9 nitrogen and oxygen atoms in total. The standard InChI is InChI=1S/C38H42ClN3O6S/c1-47-32-20-22-33(23-21-32)49(45,46)42(34-18-9-10-19-36(34)48-2)27-37(43)41(26-29-14-11-15-30(39)24-29)35(25-28-12-5-3-6-13-28)38(44)40-31-16-7-4-8-17-31/h3,5-6,9-15,18-24,31,35H,4,7-8,16-17,25-27H2,1-2H3,(H,40,44)/t35-/m1/s1. The average Bonchev–Trinajstić information content (AvgIpc) is 3.12. The van der Waals surface area contributed by atoms with E-state index in [0.717, 1.165) is 42.0 Å². The molecule has 1 N–H and O–H groups in total. The molecule has 0 bridgehead atoms. The Labute approximate surface area is 293 Å². The molecule has 11 heteroatoms. The molecule has 0 unspecified atom stereocenters. The van der Waals surface area contributed by atoms with Crippen molar-refractivity contribution in [2.45, 2.75) is 62.0 Å². The second-order valence-corrected chi connectivity index (χ2v) is 14.4. The van der Waals surface area contributed by atoms with Gasteiger partial charge in [0.1, 0.15) is 24.1 Å². The Balaban J connectivity index is 1.58. The number of rotatable bonds is 14. The molecule has 4 aromatic carbocycles. The molecule has 0 spiro atoms. The third-order valence-electron chi connectivity index (χ3n) is 8.74. The van der Waals surface area contributed by atoms with Crippen LogP contribution >= 0.6 is 11.6 Å². The minimum absolute atomic E-state index is 0.00294. The Bertz CT molecular complexity index is 1810. The molecule has 1 aliphatic carbocycles. The summed E-state index contributed by atoms with van der Waals surface area (Å²) in [5, 5.41) is 3.70. The van der Waals surface area contributed by atoms with Crippen molar-refractivity contribution in [3.05, 3.63) is 119 Å². The number of halogens is 1. The van der Waals surface area contributed by atoms with Gasteiger partial charge in [0.15, 0.2) is 0 Å². The molecular formula is C38H42ClN3O6S. The van der Waals surface area contributed by atoms with Gasteiger partial charge in [-0.25, -0.2) is 8.42 Å². The van der Waals surface area contributed by atoms with E-state index < -0.39 is 28.5 Å². The van der Waals surface area contributed by atoms with E-state index in [1.54, 1.807) is 54.6 Å². The summed E-state index contributed by atoms with van der Waals surface area (Å²) in [6.45, 7) is -0.575. The first-order chi connectivity index (χ1) is 23.7. The number of sulfonamides is 1. The van der Waals surface area contributed by atoms with Crippen molar-refractivity contribution in [2.24, 2.45) is 0 Å². The normalized spacial score (nSPS) is 14.0. The topological polar surface area (TPSA) is 105 Å². The fourth-order valence-corrected chi connectivity index (χ4v) is 7.79. The van der Waals surface area contributed by atoms with Crippen molar-refractivity contribution in [3.63, 3.8) is 0 Å². The van der Waals surface area contributed by atoms with Crippen LogP contribution in [-0.4, -0.2) is 58.0 Å². The Morgan fingerprint density at radius 3 is 2.18 bits per heavy atom. The van der Waals surface area contributed by atoms with E-state index >= 15 is 0 Å². The maximum Gasteiger partial charge on any atom is 0.264 e. The first-order valence-corrected chi connectivity index (χ1v) is 18.2. The van der Waals surface area contributed by atoms with Crippen molar-refractivity contribution in [1.82, 2.24) is 10.2 Å². The number of methoxy groups -OCH3 is 2. The molecule has 2 amide bonds. The van der Waals surface area contributed by atoms with Crippen molar-refractivity contribution >= 4 is 39.1 Å². The molecule has 0 aliphatic heterocycles. The van der Waals surface area contributed by atoms with Crippen molar-refractivity contribution < 1.29 is 27.5 Å². The van der Waals surface area contributed by atoms with Gasteiger partial charge >= 0.3 is 0 Å².